The second-order valence-electron chi connectivity index (χ2n) is 5.98. The molecule has 1 heterocycles. The summed E-state index contributed by atoms with van der Waals surface area (Å²) in [7, 11) is -3.62. The molecule has 5 nitrogen and oxygen atoms in total. The lowest BCUT2D eigenvalue weighted by molar-refractivity contribution is 0.601. The molecule has 0 amide bonds. The van der Waals surface area contributed by atoms with E-state index in [9.17, 15) is 8.42 Å². The number of rotatable bonds is 5. The van der Waals surface area contributed by atoms with Gasteiger partial charge in [-0.05, 0) is 68.9 Å². The van der Waals surface area contributed by atoms with Gasteiger partial charge < -0.3 is 0 Å². The van der Waals surface area contributed by atoms with Gasteiger partial charge in [-0.2, -0.15) is 0 Å². The van der Waals surface area contributed by atoms with E-state index < -0.39 is 10.0 Å². The highest BCUT2D eigenvalue weighted by atomic mass is 32.2. The van der Waals surface area contributed by atoms with Crippen molar-refractivity contribution in [3.8, 4) is 0 Å². The van der Waals surface area contributed by atoms with Crippen molar-refractivity contribution in [1.82, 2.24) is 9.97 Å². The molecule has 0 saturated heterocycles. The summed E-state index contributed by atoms with van der Waals surface area (Å²) in [5, 5.41) is 0.640. The predicted molar refractivity (Wildman–Crippen MR) is 104 cm³/mol. The SMILES string of the molecule is Cc1ccc(S(=O)(=O)Nc2cccc(Sc3nc(C)cc(C)n3)c2)cc1. The second-order valence-corrected chi connectivity index (χ2v) is 8.70. The molecule has 0 aliphatic carbocycles. The van der Waals surface area contributed by atoms with Crippen molar-refractivity contribution < 1.29 is 8.42 Å². The average molecular weight is 386 g/mol. The van der Waals surface area contributed by atoms with Crippen LogP contribution >= 0.6 is 11.8 Å². The van der Waals surface area contributed by atoms with Crippen LogP contribution in [0.5, 0.6) is 0 Å². The molecule has 0 unspecified atom stereocenters. The number of hydrogen-bond acceptors (Lipinski definition) is 5. The highest BCUT2D eigenvalue weighted by Crippen LogP contribution is 2.28. The molecule has 0 fully saturated rings. The van der Waals surface area contributed by atoms with Gasteiger partial charge in [-0.15, -0.1) is 0 Å². The standard InChI is InChI=1S/C19H19N3O2S2/c1-13-7-9-18(10-8-13)26(23,24)22-16-5-4-6-17(12-16)25-19-20-14(2)11-15(3)21-19/h4-12,22H,1-3H3. The van der Waals surface area contributed by atoms with Gasteiger partial charge in [-0.1, -0.05) is 23.8 Å². The largest absolute Gasteiger partial charge is 0.280 e. The van der Waals surface area contributed by atoms with E-state index in [1.54, 1.807) is 42.5 Å². The third-order valence-corrected chi connectivity index (χ3v) is 5.84. The maximum Gasteiger partial charge on any atom is 0.261 e. The predicted octanol–water partition coefficient (Wildman–Crippen LogP) is 4.35. The number of benzene rings is 2. The average Bonchev–Trinajstić information content (AvgIpc) is 2.54. The molecule has 0 aliphatic heterocycles. The summed E-state index contributed by atoms with van der Waals surface area (Å²) in [6, 6.07) is 15.9. The van der Waals surface area contributed by atoms with Crippen molar-refractivity contribution in [3.63, 3.8) is 0 Å². The van der Waals surface area contributed by atoms with E-state index in [4.69, 9.17) is 0 Å². The molecule has 134 valence electrons. The topological polar surface area (TPSA) is 72.0 Å². The third kappa shape index (κ3) is 4.62. The number of aryl methyl sites for hydroxylation is 3. The maximum absolute atomic E-state index is 12.5. The minimum Gasteiger partial charge on any atom is -0.280 e. The summed E-state index contributed by atoms with van der Waals surface area (Å²) in [4.78, 5) is 9.90. The minimum absolute atomic E-state index is 0.235. The monoisotopic (exact) mass is 385 g/mol. The minimum atomic E-state index is -3.62. The van der Waals surface area contributed by atoms with Gasteiger partial charge in [0.1, 0.15) is 0 Å². The zero-order chi connectivity index (χ0) is 18.7. The first-order valence-electron chi connectivity index (χ1n) is 8.01. The van der Waals surface area contributed by atoms with Crippen LogP contribution < -0.4 is 4.72 Å². The Morgan fingerprint density at radius 3 is 2.19 bits per heavy atom. The lowest BCUT2D eigenvalue weighted by Crippen LogP contribution is -2.12. The zero-order valence-electron chi connectivity index (χ0n) is 14.7. The van der Waals surface area contributed by atoms with Crippen LogP contribution in [0.15, 0.2) is 69.5 Å². The van der Waals surface area contributed by atoms with E-state index >= 15 is 0 Å². The molecule has 26 heavy (non-hydrogen) atoms. The van der Waals surface area contributed by atoms with Crippen LogP contribution in [0.2, 0.25) is 0 Å². The lowest BCUT2D eigenvalue weighted by Gasteiger charge is -2.10. The Morgan fingerprint density at radius 2 is 1.54 bits per heavy atom. The van der Waals surface area contributed by atoms with Gasteiger partial charge in [0.2, 0.25) is 0 Å². The van der Waals surface area contributed by atoms with Crippen molar-refractivity contribution >= 4 is 27.5 Å². The van der Waals surface area contributed by atoms with Gasteiger partial charge >= 0.3 is 0 Å². The van der Waals surface area contributed by atoms with Crippen LogP contribution in [-0.2, 0) is 10.0 Å². The first kappa shape index (κ1) is 18.4. The fourth-order valence-corrected chi connectivity index (χ4v) is 4.37. The summed E-state index contributed by atoms with van der Waals surface area (Å²) in [5.41, 5.74) is 3.31. The van der Waals surface area contributed by atoms with Gasteiger partial charge in [-0.25, -0.2) is 18.4 Å². The molecule has 0 aliphatic rings. The van der Waals surface area contributed by atoms with Crippen molar-refractivity contribution in [2.75, 3.05) is 4.72 Å². The zero-order valence-corrected chi connectivity index (χ0v) is 16.4. The summed E-state index contributed by atoms with van der Waals surface area (Å²) < 4.78 is 27.7. The molecule has 0 saturated carbocycles. The molecule has 2 aromatic carbocycles. The first-order valence-corrected chi connectivity index (χ1v) is 10.3. The molecule has 3 rings (SSSR count). The first-order chi connectivity index (χ1) is 12.3. The van der Waals surface area contributed by atoms with Crippen molar-refractivity contribution in [1.29, 1.82) is 0 Å². The second kappa shape index (κ2) is 7.47. The van der Waals surface area contributed by atoms with Crippen LogP contribution in [-0.4, -0.2) is 18.4 Å². The Hall–Kier alpha value is -2.38. The van der Waals surface area contributed by atoms with Crippen LogP contribution in [0.25, 0.3) is 0 Å². The van der Waals surface area contributed by atoms with Crippen LogP contribution in [0, 0.1) is 20.8 Å². The van der Waals surface area contributed by atoms with Crippen molar-refractivity contribution in [3.05, 3.63) is 71.5 Å². The highest BCUT2D eigenvalue weighted by Gasteiger charge is 2.14. The molecule has 0 spiro atoms. The molecular formula is C19H19N3O2S2. The quantitative estimate of drug-likeness (QED) is 0.661. The smallest absolute Gasteiger partial charge is 0.261 e. The van der Waals surface area contributed by atoms with Gasteiger partial charge in [0.05, 0.1) is 4.90 Å². The number of aromatic nitrogens is 2. The Balaban J connectivity index is 1.82. The maximum atomic E-state index is 12.5. The van der Waals surface area contributed by atoms with Gasteiger partial charge in [0.25, 0.3) is 10.0 Å². The fourth-order valence-electron chi connectivity index (χ4n) is 2.40. The van der Waals surface area contributed by atoms with E-state index in [1.165, 1.54) is 11.8 Å². The normalized spacial score (nSPS) is 11.3. The van der Waals surface area contributed by atoms with E-state index in [-0.39, 0.29) is 4.90 Å². The molecule has 0 radical (unpaired) electrons. The number of hydrogen-bond donors (Lipinski definition) is 1. The highest BCUT2D eigenvalue weighted by molar-refractivity contribution is 7.99. The van der Waals surface area contributed by atoms with Crippen LogP contribution in [0.3, 0.4) is 0 Å². The molecular weight excluding hydrogens is 366 g/mol. The summed E-state index contributed by atoms with van der Waals surface area (Å²) in [6.45, 7) is 5.76. The van der Waals surface area contributed by atoms with E-state index in [1.807, 2.05) is 32.9 Å². The number of nitrogens with zero attached hydrogens (tertiary/aromatic N) is 2. The van der Waals surface area contributed by atoms with Gasteiger partial charge in [0, 0.05) is 22.0 Å². The summed E-state index contributed by atoms with van der Waals surface area (Å²) >= 11 is 1.40. The lowest BCUT2D eigenvalue weighted by atomic mass is 10.2. The van der Waals surface area contributed by atoms with Gasteiger partial charge in [-0.3, -0.25) is 4.72 Å². The number of nitrogens with one attached hydrogen (secondary N) is 1. The number of anilines is 1. The van der Waals surface area contributed by atoms with Gasteiger partial charge in [0.15, 0.2) is 5.16 Å². The van der Waals surface area contributed by atoms with Crippen molar-refractivity contribution in [2.24, 2.45) is 0 Å². The van der Waals surface area contributed by atoms with Crippen LogP contribution in [0.1, 0.15) is 17.0 Å². The summed E-state index contributed by atoms with van der Waals surface area (Å²) in [6.07, 6.45) is 0. The molecule has 0 atom stereocenters. The molecule has 1 N–H and O–H groups in total. The molecule has 0 bridgehead atoms. The molecule has 1 aromatic heterocycles. The Labute approximate surface area is 158 Å². The van der Waals surface area contributed by atoms with Crippen LogP contribution in [0.4, 0.5) is 5.69 Å². The fraction of sp³-hybridized carbons (Fsp3) is 0.158. The van der Waals surface area contributed by atoms with E-state index in [0.717, 1.165) is 21.8 Å². The van der Waals surface area contributed by atoms with E-state index in [2.05, 4.69) is 14.7 Å². The van der Waals surface area contributed by atoms with E-state index in [0.29, 0.717) is 10.8 Å². The Kier molecular flexibility index (Phi) is 5.29. The summed E-state index contributed by atoms with van der Waals surface area (Å²) in [5.74, 6) is 0. The Morgan fingerprint density at radius 1 is 0.885 bits per heavy atom. The van der Waals surface area contributed by atoms with Crippen molar-refractivity contribution in [2.45, 2.75) is 35.7 Å². The molecule has 7 heteroatoms. The Bertz CT molecular complexity index is 1010. The third-order valence-electron chi connectivity index (χ3n) is 3.59. The molecule has 3 aromatic rings. The number of sulfonamides is 1.